The average molecular weight is 269 g/mol. The Morgan fingerprint density at radius 3 is 2.55 bits per heavy atom. The summed E-state index contributed by atoms with van der Waals surface area (Å²) in [5.74, 6) is 1.29. The lowest BCUT2D eigenvalue weighted by molar-refractivity contribution is 0.284. The number of hydrogen-bond donors (Lipinski definition) is 0. The van der Waals surface area contributed by atoms with Gasteiger partial charge in [-0.25, -0.2) is 9.79 Å². The number of ether oxygens (including phenoxy) is 2. The Bertz CT molecular complexity index is 604. The van der Waals surface area contributed by atoms with Gasteiger partial charge in [0.05, 0.1) is 13.7 Å². The van der Waals surface area contributed by atoms with Crippen molar-refractivity contribution in [1.29, 1.82) is 0 Å². The topological polar surface area (TPSA) is 47.9 Å². The van der Waals surface area contributed by atoms with Gasteiger partial charge in [-0.2, -0.15) is 0 Å². The normalized spacial score (nSPS) is 9.65. The Morgan fingerprint density at radius 2 is 1.85 bits per heavy atom. The van der Waals surface area contributed by atoms with Gasteiger partial charge in [0.25, 0.3) is 0 Å². The van der Waals surface area contributed by atoms with Crippen LogP contribution in [-0.2, 0) is 17.9 Å². The van der Waals surface area contributed by atoms with Gasteiger partial charge in [-0.15, -0.1) is 0 Å². The molecule has 0 fully saturated rings. The van der Waals surface area contributed by atoms with Crippen molar-refractivity contribution in [2.45, 2.75) is 13.2 Å². The minimum absolute atomic E-state index is 0.291. The fourth-order valence-electron chi connectivity index (χ4n) is 1.79. The van der Waals surface area contributed by atoms with Gasteiger partial charge in [-0.05, 0) is 23.3 Å². The maximum atomic E-state index is 10.1. The molecule has 0 saturated heterocycles. The second kappa shape index (κ2) is 7.12. The molecule has 2 aromatic carbocycles. The van der Waals surface area contributed by atoms with Crippen molar-refractivity contribution < 1.29 is 14.3 Å². The molecule has 0 N–H and O–H groups in total. The van der Waals surface area contributed by atoms with Gasteiger partial charge < -0.3 is 9.47 Å². The summed E-state index contributed by atoms with van der Waals surface area (Å²) >= 11 is 0. The van der Waals surface area contributed by atoms with Crippen LogP contribution in [0, 0.1) is 0 Å². The van der Waals surface area contributed by atoms with E-state index in [4.69, 9.17) is 9.47 Å². The van der Waals surface area contributed by atoms with E-state index < -0.39 is 0 Å². The van der Waals surface area contributed by atoms with Gasteiger partial charge in [0, 0.05) is 0 Å². The highest BCUT2D eigenvalue weighted by atomic mass is 16.5. The molecule has 0 amide bonds. The first-order valence-electron chi connectivity index (χ1n) is 6.20. The molecular weight excluding hydrogens is 254 g/mol. The standard InChI is InChI=1S/C16H15NO3/c1-19-16-9-14(10-17-12-18)7-8-15(16)20-11-13-5-3-2-4-6-13/h2-9H,10-11H2,1H3. The Balaban J connectivity index is 2.09. The molecule has 0 aromatic heterocycles. The Kier molecular flexibility index (Phi) is 4.93. The number of hydrogen-bond acceptors (Lipinski definition) is 4. The molecule has 2 rings (SSSR count). The van der Waals surface area contributed by atoms with Crippen molar-refractivity contribution in [2.75, 3.05) is 7.11 Å². The molecule has 102 valence electrons. The maximum Gasteiger partial charge on any atom is 0.235 e. The molecule has 0 bridgehead atoms. The number of aliphatic imine (C=N–C) groups is 1. The van der Waals surface area contributed by atoms with Crippen LogP contribution in [0.3, 0.4) is 0 Å². The predicted molar refractivity (Wildman–Crippen MR) is 75.6 cm³/mol. The Labute approximate surface area is 117 Å². The number of benzene rings is 2. The van der Waals surface area contributed by atoms with Crippen molar-refractivity contribution in [2.24, 2.45) is 4.99 Å². The summed E-state index contributed by atoms with van der Waals surface area (Å²) in [6, 6.07) is 15.4. The van der Waals surface area contributed by atoms with Crippen LogP contribution in [0.15, 0.2) is 53.5 Å². The van der Waals surface area contributed by atoms with E-state index in [2.05, 4.69) is 4.99 Å². The summed E-state index contributed by atoms with van der Waals surface area (Å²) < 4.78 is 11.0. The van der Waals surface area contributed by atoms with E-state index in [-0.39, 0.29) is 0 Å². The lowest BCUT2D eigenvalue weighted by atomic mass is 10.2. The second-order valence-corrected chi connectivity index (χ2v) is 4.17. The SMILES string of the molecule is COc1cc(CN=C=O)ccc1OCc1ccccc1. The summed E-state index contributed by atoms with van der Waals surface area (Å²) in [6.45, 7) is 0.766. The van der Waals surface area contributed by atoms with Gasteiger partial charge in [0.2, 0.25) is 6.08 Å². The van der Waals surface area contributed by atoms with Crippen molar-refractivity contribution in [1.82, 2.24) is 0 Å². The van der Waals surface area contributed by atoms with Gasteiger partial charge in [0.1, 0.15) is 6.61 Å². The number of carbonyl (C=O) groups excluding carboxylic acids is 1. The summed E-state index contributed by atoms with van der Waals surface area (Å²) in [5, 5.41) is 0. The minimum Gasteiger partial charge on any atom is -0.493 e. The zero-order chi connectivity index (χ0) is 14.2. The zero-order valence-electron chi connectivity index (χ0n) is 11.2. The largest absolute Gasteiger partial charge is 0.493 e. The third-order valence-corrected chi connectivity index (χ3v) is 2.79. The van der Waals surface area contributed by atoms with E-state index in [1.807, 2.05) is 42.5 Å². The van der Waals surface area contributed by atoms with E-state index in [9.17, 15) is 4.79 Å². The van der Waals surface area contributed by atoms with Crippen LogP contribution in [0.5, 0.6) is 11.5 Å². The quantitative estimate of drug-likeness (QED) is 0.598. The molecule has 2 aromatic rings. The van der Waals surface area contributed by atoms with E-state index in [0.29, 0.717) is 24.7 Å². The predicted octanol–water partition coefficient (Wildman–Crippen LogP) is 3.11. The van der Waals surface area contributed by atoms with Crippen molar-refractivity contribution in [3.05, 3.63) is 59.7 Å². The number of nitrogens with zero attached hydrogens (tertiary/aromatic N) is 1. The molecule has 0 aliphatic carbocycles. The molecule has 0 saturated carbocycles. The van der Waals surface area contributed by atoms with Crippen LogP contribution in [0.2, 0.25) is 0 Å². The van der Waals surface area contributed by atoms with Crippen LogP contribution >= 0.6 is 0 Å². The lowest BCUT2D eigenvalue weighted by Crippen LogP contribution is -1.98. The van der Waals surface area contributed by atoms with Crippen LogP contribution in [0.4, 0.5) is 0 Å². The Hall–Kier alpha value is -2.58. The minimum atomic E-state index is 0.291. The fourth-order valence-corrected chi connectivity index (χ4v) is 1.79. The van der Waals surface area contributed by atoms with E-state index in [1.54, 1.807) is 13.2 Å². The van der Waals surface area contributed by atoms with Crippen molar-refractivity contribution in [3.63, 3.8) is 0 Å². The number of isocyanates is 1. The molecule has 0 unspecified atom stereocenters. The third kappa shape index (κ3) is 3.70. The van der Waals surface area contributed by atoms with Gasteiger partial charge >= 0.3 is 0 Å². The van der Waals surface area contributed by atoms with Crippen LogP contribution in [0.25, 0.3) is 0 Å². The first-order valence-corrected chi connectivity index (χ1v) is 6.20. The van der Waals surface area contributed by atoms with Crippen molar-refractivity contribution in [3.8, 4) is 11.5 Å². The average Bonchev–Trinajstić information content (AvgIpc) is 2.52. The smallest absolute Gasteiger partial charge is 0.235 e. The first kappa shape index (κ1) is 13.8. The van der Waals surface area contributed by atoms with E-state index >= 15 is 0 Å². The molecule has 4 nitrogen and oxygen atoms in total. The molecule has 0 atom stereocenters. The molecule has 4 heteroatoms. The molecule has 0 aliphatic rings. The molecule has 0 heterocycles. The summed E-state index contributed by atoms with van der Waals surface area (Å²) in [5.41, 5.74) is 1.96. The molecule has 0 spiro atoms. The monoisotopic (exact) mass is 269 g/mol. The molecule has 0 radical (unpaired) electrons. The Morgan fingerprint density at radius 1 is 1.05 bits per heavy atom. The van der Waals surface area contributed by atoms with Crippen LogP contribution in [0.1, 0.15) is 11.1 Å². The summed E-state index contributed by atoms with van der Waals surface area (Å²) in [6.07, 6.45) is 1.52. The lowest BCUT2D eigenvalue weighted by Gasteiger charge is -2.11. The van der Waals surface area contributed by atoms with Crippen LogP contribution < -0.4 is 9.47 Å². The van der Waals surface area contributed by atoms with E-state index in [0.717, 1.165) is 11.1 Å². The summed E-state index contributed by atoms with van der Waals surface area (Å²) in [4.78, 5) is 13.7. The highest BCUT2D eigenvalue weighted by molar-refractivity contribution is 5.43. The highest BCUT2D eigenvalue weighted by Crippen LogP contribution is 2.29. The maximum absolute atomic E-state index is 10.1. The van der Waals surface area contributed by atoms with E-state index in [1.165, 1.54) is 6.08 Å². The third-order valence-electron chi connectivity index (χ3n) is 2.79. The number of rotatable bonds is 6. The summed E-state index contributed by atoms with van der Waals surface area (Å²) in [7, 11) is 1.58. The van der Waals surface area contributed by atoms with Gasteiger partial charge in [0.15, 0.2) is 11.5 Å². The molecular formula is C16H15NO3. The van der Waals surface area contributed by atoms with Gasteiger partial charge in [-0.1, -0.05) is 36.4 Å². The number of methoxy groups -OCH3 is 1. The molecule has 20 heavy (non-hydrogen) atoms. The second-order valence-electron chi connectivity index (χ2n) is 4.17. The zero-order valence-corrected chi connectivity index (χ0v) is 11.2. The first-order chi connectivity index (χ1) is 9.83. The van der Waals surface area contributed by atoms with Gasteiger partial charge in [-0.3, -0.25) is 0 Å². The molecule has 0 aliphatic heterocycles. The van der Waals surface area contributed by atoms with Crippen molar-refractivity contribution >= 4 is 6.08 Å². The fraction of sp³-hybridized carbons (Fsp3) is 0.188. The van der Waals surface area contributed by atoms with Crippen LogP contribution in [-0.4, -0.2) is 13.2 Å². The highest BCUT2D eigenvalue weighted by Gasteiger charge is 2.06.